The molecule has 1 heterocycles. The van der Waals surface area contributed by atoms with Gasteiger partial charge in [0, 0.05) is 12.7 Å². The maximum atomic E-state index is 9.07. The lowest BCUT2D eigenvalue weighted by atomic mass is 10.1. The topological polar surface area (TPSA) is 40.5 Å². The van der Waals surface area contributed by atoms with Gasteiger partial charge in [0.1, 0.15) is 6.79 Å². The minimum atomic E-state index is 0.241. The number of benzene rings is 1. The Hall–Kier alpha value is -1.35. The highest BCUT2D eigenvalue weighted by atomic mass is 16.3. The monoisotopic (exact) mass is 223 g/mol. The van der Waals surface area contributed by atoms with Crippen molar-refractivity contribution in [3.63, 3.8) is 0 Å². The molecule has 1 atom stereocenters. The third-order valence-corrected chi connectivity index (χ3v) is 2.59. The van der Waals surface area contributed by atoms with Crippen LogP contribution >= 0.6 is 0 Å². The molecule has 90 valence electrons. The van der Waals surface area contributed by atoms with Crippen LogP contribution in [-0.2, 0) is 11.2 Å². The van der Waals surface area contributed by atoms with Gasteiger partial charge < -0.3 is 14.8 Å². The first-order valence-corrected chi connectivity index (χ1v) is 5.53. The number of aliphatic hydroxyl groups is 1. The van der Waals surface area contributed by atoms with Crippen molar-refractivity contribution in [1.82, 2.24) is 0 Å². The molecule has 0 aromatic heterocycles. The number of likely N-dealkylation sites (N-methyl/N-ethyl adjacent to an activating group) is 1. The van der Waals surface area contributed by atoms with Gasteiger partial charge >= 0.3 is 0 Å². The number of anilines is 1. The van der Waals surface area contributed by atoms with Gasteiger partial charge in [-0.3, -0.25) is 0 Å². The van der Waals surface area contributed by atoms with E-state index in [0.29, 0.717) is 0 Å². The van der Waals surface area contributed by atoms with Crippen LogP contribution in [0, 0.1) is 0 Å². The number of aliphatic hydroxyl groups excluding tert-OH is 1. The molecule has 1 aliphatic heterocycles. The number of carbonyl (C=O) groups excluding carboxylic acids is 1. The number of hydrogen-bond acceptors (Lipinski definition) is 3. The molecule has 1 N–H and O–H groups in total. The van der Waals surface area contributed by atoms with Crippen molar-refractivity contribution >= 4 is 12.5 Å². The smallest absolute Gasteiger partial charge is 0.106 e. The second kappa shape index (κ2) is 7.88. The van der Waals surface area contributed by atoms with Gasteiger partial charge in [0.05, 0.1) is 12.6 Å². The Bertz CT molecular complexity index is 302. The summed E-state index contributed by atoms with van der Waals surface area (Å²) >= 11 is 0. The fourth-order valence-corrected chi connectivity index (χ4v) is 1.80. The molecule has 0 fully saturated rings. The number of carbonyl (C=O) groups is 1. The predicted octanol–water partition coefficient (Wildman–Crippen LogP) is 1.88. The van der Waals surface area contributed by atoms with Crippen LogP contribution in [0.3, 0.4) is 0 Å². The highest BCUT2D eigenvalue weighted by molar-refractivity contribution is 5.58. The van der Waals surface area contributed by atoms with Crippen LogP contribution in [0.4, 0.5) is 5.69 Å². The summed E-state index contributed by atoms with van der Waals surface area (Å²) in [6.45, 7) is 6.24. The molecule has 0 bridgehead atoms. The quantitative estimate of drug-likeness (QED) is 0.790. The zero-order valence-electron chi connectivity index (χ0n) is 10.3. The van der Waals surface area contributed by atoms with Gasteiger partial charge in [-0.15, -0.1) is 0 Å². The Morgan fingerprint density at radius 1 is 1.38 bits per heavy atom. The number of para-hydroxylation sites is 1. The number of rotatable bonds is 1. The lowest BCUT2D eigenvalue weighted by Crippen LogP contribution is -2.30. The van der Waals surface area contributed by atoms with E-state index in [1.165, 1.54) is 11.3 Å². The normalized spacial score (nSPS) is 16.5. The summed E-state index contributed by atoms with van der Waals surface area (Å²) in [6, 6.07) is 8.59. The van der Waals surface area contributed by atoms with E-state index in [-0.39, 0.29) is 12.6 Å². The van der Waals surface area contributed by atoms with Gasteiger partial charge in [-0.1, -0.05) is 32.0 Å². The summed E-state index contributed by atoms with van der Waals surface area (Å²) in [6.07, 6.45) is 0.975. The van der Waals surface area contributed by atoms with Crippen molar-refractivity contribution < 1.29 is 9.90 Å². The van der Waals surface area contributed by atoms with Crippen LogP contribution in [0.25, 0.3) is 0 Å². The molecule has 16 heavy (non-hydrogen) atoms. The standard InChI is InChI=1S/C10H13NO.C2H6.CH2O/c1-11-9(7-12)6-8-4-2-3-5-10(8)11;2*1-2/h2-5,9,12H,6-7H2,1H3;1-2H3;1H2. The Morgan fingerprint density at radius 3 is 2.44 bits per heavy atom. The fraction of sp³-hybridized carbons (Fsp3) is 0.462. The first-order valence-electron chi connectivity index (χ1n) is 5.53. The average Bonchev–Trinajstić information content (AvgIpc) is 2.72. The van der Waals surface area contributed by atoms with Gasteiger partial charge in [0.2, 0.25) is 0 Å². The van der Waals surface area contributed by atoms with Crippen molar-refractivity contribution in [3.05, 3.63) is 29.8 Å². The van der Waals surface area contributed by atoms with E-state index in [9.17, 15) is 0 Å². The second-order valence-electron chi connectivity index (χ2n) is 3.28. The Kier molecular flexibility index (Phi) is 7.21. The van der Waals surface area contributed by atoms with E-state index in [4.69, 9.17) is 9.90 Å². The van der Waals surface area contributed by atoms with E-state index in [2.05, 4.69) is 17.0 Å². The summed E-state index contributed by atoms with van der Waals surface area (Å²) in [5, 5.41) is 9.07. The molecular weight excluding hydrogens is 202 g/mol. The average molecular weight is 223 g/mol. The van der Waals surface area contributed by atoms with Crippen LogP contribution in [-0.4, -0.2) is 31.6 Å². The van der Waals surface area contributed by atoms with Crippen LogP contribution in [0.5, 0.6) is 0 Å². The fourth-order valence-electron chi connectivity index (χ4n) is 1.80. The van der Waals surface area contributed by atoms with Gasteiger partial charge in [0.25, 0.3) is 0 Å². The second-order valence-corrected chi connectivity index (χ2v) is 3.28. The SMILES string of the molecule is C=O.CC.CN1c2ccccc2CC1CO. The molecule has 0 spiro atoms. The number of nitrogens with zero attached hydrogens (tertiary/aromatic N) is 1. The highest BCUT2D eigenvalue weighted by Crippen LogP contribution is 2.29. The third kappa shape index (κ3) is 3.07. The van der Waals surface area contributed by atoms with E-state index in [1.54, 1.807) is 0 Å². The molecule has 3 nitrogen and oxygen atoms in total. The molecule has 0 saturated heterocycles. The Labute approximate surface area is 97.7 Å². The molecule has 0 radical (unpaired) electrons. The van der Waals surface area contributed by atoms with E-state index in [1.807, 2.05) is 39.8 Å². The molecule has 1 unspecified atom stereocenters. The number of fused-ring (bicyclic) bond motifs is 1. The summed E-state index contributed by atoms with van der Waals surface area (Å²) in [7, 11) is 2.03. The first-order chi connectivity index (χ1) is 7.83. The largest absolute Gasteiger partial charge is 0.394 e. The van der Waals surface area contributed by atoms with Crippen molar-refractivity contribution in [1.29, 1.82) is 0 Å². The molecule has 0 aliphatic carbocycles. The van der Waals surface area contributed by atoms with E-state index in [0.717, 1.165) is 6.42 Å². The highest BCUT2D eigenvalue weighted by Gasteiger charge is 2.24. The Balaban J connectivity index is 0.000000509. The summed E-state index contributed by atoms with van der Waals surface area (Å²) in [4.78, 5) is 10.1. The Morgan fingerprint density at radius 2 is 1.94 bits per heavy atom. The van der Waals surface area contributed by atoms with Gasteiger partial charge in [-0.05, 0) is 18.1 Å². The minimum Gasteiger partial charge on any atom is -0.394 e. The zero-order chi connectivity index (χ0) is 12.6. The molecular formula is C13H21NO2. The lowest BCUT2D eigenvalue weighted by Gasteiger charge is -2.19. The summed E-state index contributed by atoms with van der Waals surface area (Å²) in [5.74, 6) is 0. The van der Waals surface area contributed by atoms with Crippen molar-refractivity contribution in [2.24, 2.45) is 0 Å². The molecule has 0 amide bonds. The van der Waals surface area contributed by atoms with Crippen LogP contribution in [0.2, 0.25) is 0 Å². The van der Waals surface area contributed by atoms with Crippen LogP contribution in [0.1, 0.15) is 19.4 Å². The molecule has 1 aromatic rings. The third-order valence-electron chi connectivity index (χ3n) is 2.59. The minimum absolute atomic E-state index is 0.241. The lowest BCUT2D eigenvalue weighted by molar-refractivity contribution is -0.0979. The molecule has 2 rings (SSSR count). The summed E-state index contributed by atoms with van der Waals surface area (Å²) in [5.41, 5.74) is 2.61. The maximum absolute atomic E-state index is 9.07. The molecule has 3 heteroatoms. The first kappa shape index (κ1) is 14.6. The van der Waals surface area contributed by atoms with Crippen LogP contribution in [0.15, 0.2) is 24.3 Å². The predicted molar refractivity (Wildman–Crippen MR) is 67.9 cm³/mol. The van der Waals surface area contributed by atoms with Crippen LogP contribution < -0.4 is 4.90 Å². The molecule has 1 aromatic carbocycles. The van der Waals surface area contributed by atoms with Crippen molar-refractivity contribution in [3.8, 4) is 0 Å². The van der Waals surface area contributed by atoms with E-state index < -0.39 is 0 Å². The van der Waals surface area contributed by atoms with Gasteiger partial charge in [-0.25, -0.2) is 0 Å². The van der Waals surface area contributed by atoms with Crippen molar-refractivity contribution in [2.75, 3.05) is 18.6 Å². The maximum Gasteiger partial charge on any atom is 0.106 e. The summed E-state index contributed by atoms with van der Waals surface area (Å²) < 4.78 is 0. The van der Waals surface area contributed by atoms with Gasteiger partial charge in [-0.2, -0.15) is 0 Å². The van der Waals surface area contributed by atoms with Crippen molar-refractivity contribution in [2.45, 2.75) is 26.3 Å². The molecule has 0 saturated carbocycles. The zero-order valence-corrected chi connectivity index (χ0v) is 10.3. The van der Waals surface area contributed by atoms with Gasteiger partial charge in [0.15, 0.2) is 0 Å². The van der Waals surface area contributed by atoms with E-state index >= 15 is 0 Å². The number of hydrogen-bond donors (Lipinski definition) is 1. The molecule has 1 aliphatic rings.